The number of aryl methyl sites for hydroxylation is 1. The number of fused-ring (bicyclic) bond motifs is 1. The van der Waals surface area contributed by atoms with Gasteiger partial charge in [0.2, 0.25) is 11.8 Å². The molecule has 5 rings (SSSR count). The van der Waals surface area contributed by atoms with E-state index >= 15 is 0 Å². The zero-order chi connectivity index (χ0) is 23.5. The smallest absolute Gasteiger partial charge is 0.230 e. The van der Waals surface area contributed by atoms with Crippen molar-refractivity contribution in [1.29, 1.82) is 0 Å². The van der Waals surface area contributed by atoms with Crippen molar-refractivity contribution in [2.45, 2.75) is 6.92 Å². The van der Waals surface area contributed by atoms with E-state index in [0.717, 1.165) is 16.8 Å². The molecule has 0 unspecified atom stereocenters. The molecule has 3 aromatic carbocycles. The van der Waals surface area contributed by atoms with Crippen LogP contribution in [0.4, 0.5) is 11.6 Å². The normalized spacial score (nSPS) is 10.8. The van der Waals surface area contributed by atoms with Crippen LogP contribution in [0.25, 0.3) is 22.3 Å². The Labute approximate surface area is 195 Å². The van der Waals surface area contributed by atoms with Crippen molar-refractivity contribution in [3.05, 3.63) is 72.6 Å². The predicted molar refractivity (Wildman–Crippen MR) is 129 cm³/mol. The number of H-pyrrole nitrogens is 1. The van der Waals surface area contributed by atoms with Gasteiger partial charge < -0.3 is 24.5 Å². The summed E-state index contributed by atoms with van der Waals surface area (Å²) in [6.07, 6.45) is 1.45. The SMILES string of the molecule is COc1cc2ncnc(Oc3cccc(-c4nnc(Nc5cccc(C)c5)[nH]4)c3)c2cc1OC. The molecular formula is C25H22N6O3. The number of anilines is 2. The third-order valence-corrected chi connectivity index (χ3v) is 5.19. The number of benzene rings is 3. The van der Waals surface area contributed by atoms with Gasteiger partial charge in [-0.3, -0.25) is 0 Å². The van der Waals surface area contributed by atoms with Gasteiger partial charge in [0.1, 0.15) is 12.1 Å². The first kappa shape index (κ1) is 21.2. The van der Waals surface area contributed by atoms with Crippen molar-refractivity contribution in [2.24, 2.45) is 0 Å². The topological polar surface area (TPSA) is 107 Å². The fourth-order valence-corrected chi connectivity index (χ4v) is 3.57. The Hall–Kier alpha value is -4.66. The molecule has 2 aromatic heterocycles. The van der Waals surface area contributed by atoms with Crippen molar-refractivity contribution >= 4 is 22.5 Å². The third kappa shape index (κ3) is 4.31. The number of nitrogens with zero attached hydrogens (tertiary/aromatic N) is 4. The lowest BCUT2D eigenvalue weighted by Crippen LogP contribution is -1.95. The van der Waals surface area contributed by atoms with Crippen LogP contribution in [0, 0.1) is 6.92 Å². The molecule has 0 spiro atoms. The second kappa shape index (κ2) is 9.07. The van der Waals surface area contributed by atoms with Crippen LogP contribution in [0.15, 0.2) is 67.0 Å². The summed E-state index contributed by atoms with van der Waals surface area (Å²) in [7, 11) is 3.16. The number of hydrogen-bond acceptors (Lipinski definition) is 8. The molecule has 9 nitrogen and oxygen atoms in total. The van der Waals surface area contributed by atoms with Gasteiger partial charge in [-0.25, -0.2) is 9.97 Å². The van der Waals surface area contributed by atoms with E-state index in [9.17, 15) is 0 Å². The number of hydrogen-bond donors (Lipinski definition) is 2. The summed E-state index contributed by atoms with van der Waals surface area (Å²) >= 11 is 0. The fraction of sp³-hybridized carbons (Fsp3) is 0.120. The standard InChI is InChI=1S/C25H22N6O3/c1-15-6-4-8-17(10-15)28-25-29-23(30-31-25)16-7-5-9-18(11-16)34-24-19-12-21(32-2)22(33-3)13-20(19)26-14-27-24/h4-14H,1-3H3,(H2,28,29,30,31). The molecule has 0 fully saturated rings. The predicted octanol–water partition coefficient (Wildman–Crippen LogP) is 5.28. The van der Waals surface area contributed by atoms with E-state index in [0.29, 0.717) is 45.8 Å². The van der Waals surface area contributed by atoms with Crippen LogP contribution in [0.1, 0.15) is 5.56 Å². The quantitative estimate of drug-likeness (QED) is 0.342. The minimum atomic E-state index is 0.405. The fourth-order valence-electron chi connectivity index (χ4n) is 3.57. The summed E-state index contributed by atoms with van der Waals surface area (Å²) in [4.78, 5) is 11.8. The van der Waals surface area contributed by atoms with Gasteiger partial charge >= 0.3 is 0 Å². The highest BCUT2D eigenvalue weighted by Crippen LogP contribution is 2.36. The highest BCUT2D eigenvalue weighted by atomic mass is 16.5. The highest BCUT2D eigenvalue weighted by Gasteiger charge is 2.13. The van der Waals surface area contributed by atoms with Gasteiger partial charge in [0, 0.05) is 17.3 Å². The molecule has 0 aliphatic carbocycles. The second-order valence-corrected chi connectivity index (χ2v) is 7.55. The van der Waals surface area contributed by atoms with Gasteiger partial charge in [0.05, 0.1) is 25.1 Å². The molecule has 0 bridgehead atoms. The van der Waals surface area contributed by atoms with Crippen molar-refractivity contribution in [3.63, 3.8) is 0 Å². The minimum absolute atomic E-state index is 0.405. The van der Waals surface area contributed by atoms with Crippen molar-refractivity contribution in [2.75, 3.05) is 19.5 Å². The van der Waals surface area contributed by atoms with E-state index < -0.39 is 0 Å². The monoisotopic (exact) mass is 454 g/mol. The van der Waals surface area contributed by atoms with Gasteiger partial charge in [-0.05, 0) is 42.8 Å². The van der Waals surface area contributed by atoms with Gasteiger partial charge in [-0.15, -0.1) is 10.2 Å². The van der Waals surface area contributed by atoms with Crippen molar-refractivity contribution in [3.8, 4) is 34.5 Å². The van der Waals surface area contributed by atoms with Gasteiger partial charge in [0.25, 0.3) is 0 Å². The molecule has 0 radical (unpaired) electrons. The van der Waals surface area contributed by atoms with E-state index in [4.69, 9.17) is 14.2 Å². The largest absolute Gasteiger partial charge is 0.493 e. The van der Waals surface area contributed by atoms with Gasteiger partial charge in [0.15, 0.2) is 17.3 Å². The molecule has 0 saturated carbocycles. The molecular weight excluding hydrogens is 432 g/mol. The number of nitrogens with one attached hydrogen (secondary N) is 2. The van der Waals surface area contributed by atoms with Crippen LogP contribution in [-0.4, -0.2) is 39.4 Å². The van der Waals surface area contributed by atoms with Crippen LogP contribution in [0.3, 0.4) is 0 Å². The highest BCUT2D eigenvalue weighted by molar-refractivity contribution is 5.87. The number of ether oxygens (including phenoxy) is 3. The lowest BCUT2D eigenvalue weighted by molar-refractivity contribution is 0.355. The lowest BCUT2D eigenvalue weighted by atomic mass is 10.2. The zero-order valence-electron chi connectivity index (χ0n) is 18.9. The van der Waals surface area contributed by atoms with Crippen LogP contribution >= 0.6 is 0 Å². The lowest BCUT2D eigenvalue weighted by Gasteiger charge is -2.11. The van der Waals surface area contributed by atoms with Gasteiger partial charge in [-0.1, -0.05) is 24.3 Å². The summed E-state index contributed by atoms with van der Waals surface area (Å²) in [5.41, 5.74) is 3.59. The molecule has 2 N–H and O–H groups in total. The van der Waals surface area contributed by atoms with Gasteiger partial charge in [-0.2, -0.15) is 0 Å². The Morgan fingerprint density at radius 1 is 0.853 bits per heavy atom. The Bertz CT molecular complexity index is 1470. The minimum Gasteiger partial charge on any atom is -0.493 e. The van der Waals surface area contributed by atoms with Crippen LogP contribution in [-0.2, 0) is 0 Å². The summed E-state index contributed by atoms with van der Waals surface area (Å²) in [5.74, 6) is 3.31. The van der Waals surface area contributed by atoms with E-state index in [1.54, 1.807) is 26.4 Å². The average molecular weight is 454 g/mol. The molecule has 5 aromatic rings. The number of methoxy groups -OCH3 is 2. The van der Waals surface area contributed by atoms with Crippen LogP contribution < -0.4 is 19.5 Å². The second-order valence-electron chi connectivity index (χ2n) is 7.55. The summed E-state index contributed by atoms with van der Waals surface area (Å²) in [6, 6.07) is 19.1. The number of rotatable bonds is 7. The van der Waals surface area contributed by atoms with Crippen molar-refractivity contribution in [1.82, 2.24) is 25.1 Å². The molecule has 2 heterocycles. The first-order valence-electron chi connectivity index (χ1n) is 10.5. The van der Waals surface area contributed by atoms with E-state index in [1.165, 1.54) is 6.33 Å². The average Bonchev–Trinajstić information content (AvgIpc) is 3.32. The molecule has 170 valence electrons. The Balaban J connectivity index is 1.41. The Kier molecular flexibility index (Phi) is 5.65. The summed E-state index contributed by atoms with van der Waals surface area (Å²) in [5, 5.41) is 12.4. The Morgan fingerprint density at radius 2 is 1.68 bits per heavy atom. The van der Waals surface area contributed by atoms with Crippen LogP contribution in [0.5, 0.6) is 23.1 Å². The molecule has 9 heteroatoms. The van der Waals surface area contributed by atoms with E-state index in [1.807, 2.05) is 55.5 Å². The van der Waals surface area contributed by atoms with Crippen LogP contribution in [0.2, 0.25) is 0 Å². The van der Waals surface area contributed by atoms with E-state index in [2.05, 4.69) is 30.5 Å². The van der Waals surface area contributed by atoms with Crippen molar-refractivity contribution < 1.29 is 14.2 Å². The maximum atomic E-state index is 6.12. The Morgan fingerprint density at radius 3 is 2.50 bits per heavy atom. The van der Waals surface area contributed by atoms with E-state index in [-0.39, 0.29) is 0 Å². The first-order chi connectivity index (χ1) is 16.6. The molecule has 0 amide bonds. The third-order valence-electron chi connectivity index (χ3n) is 5.19. The molecule has 0 aliphatic heterocycles. The number of aromatic nitrogens is 5. The molecule has 0 atom stereocenters. The maximum Gasteiger partial charge on any atom is 0.230 e. The summed E-state index contributed by atoms with van der Waals surface area (Å²) < 4.78 is 16.9. The summed E-state index contributed by atoms with van der Waals surface area (Å²) in [6.45, 7) is 2.04. The molecule has 0 saturated heterocycles. The molecule has 34 heavy (non-hydrogen) atoms. The molecule has 0 aliphatic rings. The zero-order valence-corrected chi connectivity index (χ0v) is 18.9. The maximum absolute atomic E-state index is 6.12. The number of aromatic amines is 1. The first-order valence-corrected chi connectivity index (χ1v) is 10.5.